The molecule has 0 aliphatic heterocycles. The molecule has 1 aromatic carbocycles. The maximum absolute atomic E-state index is 5.93. The molecule has 2 rings (SSSR count). The van der Waals surface area contributed by atoms with Gasteiger partial charge in [0.1, 0.15) is 5.75 Å². The van der Waals surface area contributed by atoms with E-state index in [0.29, 0.717) is 18.3 Å². The summed E-state index contributed by atoms with van der Waals surface area (Å²) in [6, 6.07) is 8.17. The van der Waals surface area contributed by atoms with Crippen molar-refractivity contribution in [3.63, 3.8) is 0 Å². The van der Waals surface area contributed by atoms with Crippen molar-refractivity contribution in [2.75, 3.05) is 0 Å². The normalized spacial score (nSPS) is 12.3. The second kappa shape index (κ2) is 7.05. The molecule has 1 unspecified atom stereocenters. The molecule has 0 aliphatic carbocycles. The predicted octanol–water partition coefficient (Wildman–Crippen LogP) is 2.49. The van der Waals surface area contributed by atoms with E-state index in [-0.39, 0.29) is 6.04 Å². The molecule has 0 saturated heterocycles. The molecule has 108 valence electrons. The standard InChI is InChI=1S/C15H21N3O2/c1-3-12(16)9-11-5-7-13(8-6-11)19-10-15-17-14(4-2)18-20-15/h5-8,12H,3-4,9-10,16H2,1-2H3. The summed E-state index contributed by atoms with van der Waals surface area (Å²) in [7, 11) is 0. The molecular weight excluding hydrogens is 254 g/mol. The molecule has 0 bridgehead atoms. The van der Waals surface area contributed by atoms with Crippen LogP contribution in [0.3, 0.4) is 0 Å². The van der Waals surface area contributed by atoms with Crippen LogP contribution >= 0.6 is 0 Å². The van der Waals surface area contributed by atoms with Crippen LogP contribution in [-0.2, 0) is 19.4 Å². The van der Waals surface area contributed by atoms with Gasteiger partial charge >= 0.3 is 0 Å². The van der Waals surface area contributed by atoms with Gasteiger partial charge in [-0.2, -0.15) is 4.98 Å². The van der Waals surface area contributed by atoms with E-state index in [1.807, 2.05) is 31.2 Å². The smallest absolute Gasteiger partial charge is 0.264 e. The monoisotopic (exact) mass is 275 g/mol. The van der Waals surface area contributed by atoms with E-state index in [1.165, 1.54) is 5.56 Å². The van der Waals surface area contributed by atoms with Crippen LogP contribution in [0, 0.1) is 0 Å². The Labute approximate surface area is 119 Å². The highest BCUT2D eigenvalue weighted by Crippen LogP contribution is 2.15. The number of rotatable bonds is 7. The van der Waals surface area contributed by atoms with Crippen molar-refractivity contribution in [3.05, 3.63) is 41.5 Å². The fourth-order valence-electron chi connectivity index (χ4n) is 1.81. The van der Waals surface area contributed by atoms with Gasteiger partial charge in [0.2, 0.25) is 0 Å². The maximum Gasteiger partial charge on any atom is 0.264 e. The first-order valence-electron chi connectivity index (χ1n) is 7.00. The van der Waals surface area contributed by atoms with Gasteiger partial charge in [-0.3, -0.25) is 0 Å². The zero-order valence-corrected chi connectivity index (χ0v) is 12.0. The van der Waals surface area contributed by atoms with Gasteiger partial charge in [0.25, 0.3) is 5.89 Å². The maximum atomic E-state index is 5.93. The van der Waals surface area contributed by atoms with Crippen LogP contribution in [0.15, 0.2) is 28.8 Å². The molecule has 0 aliphatic rings. The lowest BCUT2D eigenvalue weighted by molar-refractivity contribution is 0.242. The lowest BCUT2D eigenvalue weighted by atomic mass is 10.0. The van der Waals surface area contributed by atoms with Gasteiger partial charge < -0.3 is 15.0 Å². The van der Waals surface area contributed by atoms with Crippen molar-refractivity contribution in [2.45, 2.75) is 45.8 Å². The van der Waals surface area contributed by atoms with Crippen LogP contribution in [0.5, 0.6) is 5.75 Å². The highest BCUT2D eigenvalue weighted by atomic mass is 16.5. The zero-order chi connectivity index (χ0) is 14.4. The third kappa shape index (κ3) is 4.06. The second-order valence-electron chi connectivity index (χ2n) is 4.76. The number of hydrogen-bond donors (Lipinski definition) is 1. The fourth-order valence-corrected chi connectivity index (χ4v) is 1.81. The zero-order valence-electron chi connectivity index (χ0n) is 12.0. The number of hydrogen-bond acceptors (Lipinski definition) is 5. The number of ether oxygens (including phenoxy) is 1. The van der Waals surface area contributed by atoms with Crippen molar-refractivity contribution < 1.29 is 9.26 Å². The lowest BCUT2D eigenvalue weighted by Gasteiger charge is -2.09. The molecule has 5 nitrogen and oxygen atoms in total. The first-order chi connectivity index (χ1) is 9.71. The number of aromatic nitrogens is 2. The molecule has 0 radical (unpaired) electrons. The van der Waals surface area contributed by atoms with Crippen molar-refractivity contribution in [2.24, 2.45) is 5.73 Å². The Hall–Kier alpha value is -1.88. The summed E-state index contributed by atoms with van der Waals surface area (Å²) in [4.78, 5) is 4.19. The molecule has 2 aromatic rings. The van der Waals surface area contributed by atoms with Crippen LogP contribution in [0.4, 0.5) is 0 Å². The van der Waals surface area contributed by atoms with E-state index in [2.05, 4.69) is 17.1 Å². The Balaban J connectivity index is 1.87. The fraction of sp³-hybridized carbons (Fsp3) is 0.467. The van der Waals surface area contributed by atoms with Gasteiger partial charge in [0, 0.05) is 12.5 Å². The highest BCUT2D eigenvalue weighted by molar-refractivity contribution is 5.27. The largest absolute Gasteiger partial charge is 0.484 e. The third-order valence-electron chi connectivity index (χ3n) is 3.13. The van der Waals surface area contributed by atoms with Gasteiger partial charge in [-0.05, 0) is 30.5 Å². The third-order valence-corrected chi connectivity index (χ3v) is 3.13. The first-order valence-corrected chi connectivity index (χ1v) is 7.00. The summed E-state index contributed by atoms with van der Waals surface area (Å²) in [5.41, 5.74) is 7.15. The average molecular weight is 275 g/mol. The quantitative estimate of drug-likeness (QED) is 0.840. The summed E-state index contributed by atoms with van der Waals surface area (Å²) in [6.45, 7) is 4.37. The molecule has 0 saturated carbocycles. The summed E-state index contributed by atoms with van der Waals surface area (Å²) < 4.78 is 10.7. The summed E-state index contributed by atoms with van der Waals surface area (Å²) >= 11 is 0. The van der Waals surface area contributed by atoms with Crippen LogP contribution in [-0.4, -0.2) is 16.2 Å². The molecule has 1 atom stereocenters. The minimum absolute atomic E-state index is 0.215. The van der Waals surface area contributed by atoms with Crippen LogP contribution in [0.1, 0.15) is 37.5 Å². The van der Waals surface area contributed by atoms with Crippen LogP contribution in [0.25, 0.3) is 0 Å². The number of nitrogens with zero attached hydrogens (tertiary/aromatic N) is 2. The van der Waals surface area contributed by atoms with Crippen molar-refractivity contribution in [3.8, 4) is 5.75 Å². The molecule has 2 N–H and O–H groups in total. The molecule has 0 spiro atoms. The Kier molecular flexibility index (Phi) is 5.12. The van der Waals surface area contributed by atoms with Crippen molar-refractivity contribution in [1.82, 2.24) is 10.1 Å². The van der Waals surface area contributed by atoms with Crippen LogP contribution < -0.4 is 10.5 Å². The van der Waals surface area contributed by atoms with Gasteiger partial charge in [-0.1, -0.05) is 31.1 Å². The average Bonchev–Trinajstić information content (AvgIpc) is 2.94. The number of benzene rings is 1. The highest BCUT2D eigenvalue weighted by Gasteiger charge is 2.06. The van der Waals surface area contributed by atoms with E-state index >= 15 is 0 Å². The van der Waals surface area contributed by atoms with Gasteiger partial charge in [-0.15, -0.1) is 0 Å². The van der Waals surface area contributed by atoms with Gasteiger partial charge in [0.05, 0.1) is 0 Å². The molecule has 20 heavy (non-hydrogen) atoms. The summed E-state index contributed by atoms with van der Waals surface area (Å²) in [6.07, 6.45) is 2.63. The van der Waals surface area contributed by atoms with E-state index in [9.17, 15) is 0 Å². The molecular formula is C15H21N3O2. The SMILES string of the molecule is CCc1noc(COc2ccc(CC(N)CC)cc2)n1. The number of nitrogens with two attached hydrogens (primary N) is 1. The molecule has 0 amide bonds. The van der Waals surface area contributed by atoms with Crippen molar-refractivity contribution in [1.29, 1.82) is 0 Å². The Morgan fingerprint density at radius 3 is 2.60 bits per heavy atom. The van der Waals surface area contributed by atoms with E-state index in [0.717, 1.165) is 25.0 Å². The Morgan fingerprint density at radius 1 is 1.25 bits per heavy atom. The van der Waals surface area contributed by atoms with E-state index in [1.54, 1.807) is 0 Å². The topological polar surface area (TPSA) is 74.2 Å². The molecule has 1 heterocycles. The second-order valence-corrected chi connectivity index (χ2v) is 4.76. The van der Waals surface area contributed by atoms with Crippen LogP contribution in [0.2, 0.25) is 0 Å². The van der Waals surface area contributed by atoms with E-state index < -0.39 is 0 Å². The van der Waals surface area contributed by atoms with E-state index in [4.69, 9.17) is 15.0 Å². The minimum Gasteiger partial charge on any atom is -0.484 e. The Morgan fingerprint density at radius 2 is 2.00 bits per heavy atom. The summed E-state index contributed by atoms with van der Waals surface area (Å²) in [5.74, 6) is 1.99. The van der Waals surface area contributed by atoms with Gasteiger partial charge in [0.15, 0.2) is 12.4 Å². The summed E-state index contributed by atoms with van der Waals surface area (Å²) in [5, 5.41) is 3.82. The molecule has 0 fully saturated rings. The number of aryl methyl sites for hydroxylation is 1. The van der Waals surface area contributed by atoms with Crippen molar-refractivity contribution >= 4 is 0 Å². The Bertz CT molecular complexity index is 522. The molecule has 1 aromatic heterocycles. The lowest BCUT2D eigenvalue weighted by Crippen LogP contribution is -2.21. The first kappa shape index (κ1) is 14.5. The van der Waals surface area contributed by atoms with Gasteiger partial charge in [-0.25, -0.2) is 0 Å². The molecule has 5 heteroatoms. The minimum atomic E-state index is 0.215. The predicted molar refractivity (Wildman–Crippen MR) is 76.4 cm³/mol.